The zero-order valence-corrected chi connectivity index (χ0v) is 9.69. The number of anilines is 1. The number of fused-ring (bicyclic) bond motifs is 1. The van der Waals surface area contributed by atoms with Crippen molar-refractivity contribution in [2.24, 2.45) is 11.8 Å². The molecule has 4 heteroatoms. The predicted octanol–water partition coefficient (Wildman–Crippen LogP) is 1.36. The normalized spacial score (nSPS) is 30.2. The molecule has 88 valence electrons. The number of hydrogen-bond donors (Lipinski definition) is 2. The van der Waals surface area contributed by atoms with Crippen molar-refractivity contribution in [2.75, 3.05) is 18.4 Å². The molecule has 3 unspecified atom stereocenters. The molecule has 2 heterocycles. The van der Waals surface area contributed by atoms with Gasteiger partial charge in [0.1, 0.15) is 11.9 Å². The summed E-state index contributed by atoms with van der Waals surface area (Å²) in [4.78, 5) is 4.20. The van der Waals surface area contributed by atoms with Crippen LogP contribution in [0.25, 0.3) is 0 Å². The van der Waals surface area contributed by atoms with Crippen LogP contribution in [0, 0.1) is 23.2 Å². The lowest BCUT2D eigenvalue weighted by Crippen LogP contribution is -2.40. The van der Waals surface area contributed by atoms with E-state index in [2.05, 4.69) is 21.7 Å². The fraction of sp³-hybridized carbons (Fsp3) is 0.538. The van der Waals surface area contributed by atoms with Crippen LogP contribution < -0.4 is 10.6 Å². The van der Waals surface area contributed by atoms with E-state index in [0.29, 0.717) is 11.6 Å². The fourth-order valence-electron chi connectivity index (χ4n) is 2.56. The summed E-state index contributed by atoms with van der Waals surface area (Å²) in [7, 11) is 0. The minimum atomic E-state index is 0.566. The van der Waals surface area contributed by atoms with Gasteiger partial charge in [-0.2, -0.15) is 5.26 Å². The van der Waals surface area contributed by atoms with Gasteiger partial charge in [0.15, 0.2) is 0 Å². The highest BCUT2D eigenvalue weighted by Gasteiger charge is 2.41. The Kier molecular flexibility index (Phi) is 2.69. The number of pyridine rings is 1. The summed E-state index contributed by atoms with van der Waals surface area (Å²) in [6.45, 7) is 2.10. The van der Waals surface area contributed by atoms with Crippen molar-refractivity contribution >= 4 is 5.82 Å². The average molecular weight is 228 g/mol. The Bertz CT molecular complexity index is 434. The van der Waals surface area contributed by atoms with Gasteiger partial charge in [0.05, 0.1) is 5.56 Å². The molecule has 2 aliphatic rings. The number of rotatable bonds is 3. The van der Waals surface area contributed by atoms with Crippen molar-refractivity contribution in [2.45, 2.75) is 18.9 Å². The van der Waals surface area contributed by atoms with Crippen LogP contribution in [0.4, 0.5) is 5.82 Å². The molecule has 0 aromatic carbocycles. The monoisotopic (exact) mass is 228 g/mol. The number of nitriles is 1. The fourth-order valence-corrected chi connectivity index (χ4v) is 2.56. The van der Waals surface area contributed by atoms with E-state index in [1.165, 1.54) is 19.4 Å². The van der Waals surface area contributed by atoms with Crippen molar-refractivity contribution in [1.29, 1.82) is 5.26 Å². The lowest BCUT2D eigenvalue weighted by molar-refractivity contribution is 0.397. The van der Waals surface area contributed by atoms with E-state index in [4.69, 9.17) is 5.26 Å². The molecule has 0 radical (unpaired) electrons. The van der Waals surface area contributed by atoms with E-state index < -0.39 is 0 Å². The summed E-state index contributed by atoms with van der Waals surface area (Å²) >= 11 is 0. The number of aromatic nitrogens is 1. The Morgan fingerprint density at radius 2 is 2.35 bits per heavy atom. The van der Waals surface area contributed by atoms with Crippen LogP contribution >= 0.6 is 0 Å². The first-order valence-electron chi connectivity index (χ1n) is 6.18. The Balaban J connectivity index is 1.51. The molecule has 2 fully saturated rings. The Hall–Kier alpha value is -1.60. The molecule has 0 spiro atoms. The minimum Gasteiger partial charge on any atom is -0.369 e. The van der Waals surface area contributed by atoms with Gasteiger partial charge >= 0.3 is 0 Å². The average Bonchev–Trinajstić information content (AvgIpc) is 3.15. The van der Waals surface area contributed by atoms with E-state index in [1.54, 1.807) is 12.3 Å². The highest BCUT2D eigenvalue weighted by Crippen LogP contribution is 2.43. The molecule has 0 amide bonds. The zero-order valence-electron chi connectivity index (χ0n) is 9.69. The van der Waals surface area contributed by atoms with Crippen LogP contribution in [-0.4, -0.2) is 24.1 Å². The molecule has 4 nitrogen and oxygen atoms in total. The van der Waals surface area contributed by atoms with Gasteiger partial charge in [0.2, 0.25) is 0 Å². The van der Waals surface area contributed by atoms with Crippen molar-refractivity contribution in [3.8, 4) is 6.07 Å². The quantitative estimate of drug-likeness (QED) is 0.820. The number of hydrogen-bond acceptors (Lipinski definition) is 4. The van der Waals surface area contributed by atoms with Crippen LogP contribution in [0.2, 0.25) is 0 Å². The second-order valence-electron chi connectivity index (χ2n) is 5.02. The lowest BCUT2D eigenvalue weighted by Gasteiger charge is -2.23. The first-order chi connectivity index (χ1) is 8.35. The van der Waals surface area contributed by atoms with Crippen LogP contribution in [0.3, 0.4) is 0 Å². The van der Waals surface area contributed by atoms with Crippen molar-refractivity contribution < 1.29 is 0 Å². The maximum atomic E-state index is 8.68. The van der Waals surface area contributed by atoms with Gasteiger partial charge in [-0.25, -0.2) is 4.98 Å². The second-order valence-corrected chi connectivity index (χ2v) is 5.02. The highest BCUT2D eigenvalue weighted by molar-refractivity contribution is 5.39. The second kappa shape index (κ2) is 4.34. The summed E-state index contributed by atoms with van der Waals surface area (Å²) in [6.07, 6.45) is 4.31. The molecule has 0 bridgehead atoms. The first-order valence-corrected chi connectivity index (χ1v) is 6.18. The maximum Gasteiger partial charge on any atom is 0.126 e. The van der Waals surface area contributed by atoms with Gasteiger partial charge in [0, 0.05) is 18.8 Å². The molecule has 1 aliphatic heterocycles. The van der Waals surface area contributed by atoms with Crippen LogP contribution in [-0.2, 0) is 0 Å². The summed E-state index contributed by atoms with van der Waals surface area (Å²) in [5.41, 5.74) is 0.604. The van der Waals surface area contributed by atoms with Gasteiger partial charge in [-0.3, -0.25) is 0 Å². The molecule has 1 saturated heterocycles. The third-order valence-electron chi connectivity index (χ3n) is 3.75. The van der Waals surface area contributed by atoms with Gasteiger partial charge in [-0.15, -0.1) is 0 Å². The first kappa shape index (κ1) is 10.5. The largest absolute Gasteiger partial charge is 0.369 e. The Morgan fingerprint density at radius 3 is 3.06 bits per heavy atom. The number of nitrogens with zero attached hydrogens (tertiary/aromatic N) is 2. The molecule has 1 aliphatic carbocycles. The maximum absolute atomic E-state index is 8.68. The van der Waals surface area contributed by atoms with Crippen LogP contribution in [0.5, 0.6) is 0 Å². The van der Waals surface area contributed by atoms with E-state index in [1.807, 2.05) is 6.07 Å². The smallest absolute Gasteiger partial charge is 0.126 e. The molecule has 3 atom stereocenters. The van der Waals surface area contributed by atoms with Gasteiger partial charge in [0.25, 0.3) is 0 Å². The van der Waals surface area contributed by atoms with Gasteiger partial charge < -0.3 is 10.6 Å². The topological polar surface area (TPSA) is 60.7 Å². The summed E-state index contributed by atoms with van der Waals surface area (Å²) in [5.74, 6) is 2.78. The summed E-state index contributed by atoms with van der Waals surface area (Å²) < 4.78 is 0. The van der Waals surface area contributed by atoms with E-state index in [-0.39, 0.29) is 0 Å². The third kappa shape index (κ3) is 2.40. The van der Waals surface area contributed by atoms with E-state index in [0.717, 1.165) is 24.2 Å². The van der Waals surface area contributed by atoms with E-state index >= 15 is 0 Å². The number of piperidine rings is 1. The third-order valence-corrected chi connectivity index (χ3v) is 3.75. The Labute approximate surface area is 101 Å². The highest BCUT2D eigenvalue weighted by atomic mass is 15.0. The summed E-state index contributed by atoms with van der Waals surface area (Å²) in [5, 5.41) is 15.6. The molecule has 1 saturated carbocycles. The predicted molar refractivity (Wildman–Crippen MR) is 65.4 cm³/mol. The SMILES string of the molecule is N#Cc1ccc(NCC2CC3CC3CN2)nc1. The zero-order chi connectivity index (χ0) is 11.7. The molecule has 3 rings (SSSR count). The van der Waals surface area contributed by atoms with E-state index in [9.17, 15) is 0 Å². The molecular weight excluding hydrogens is 212 g/mol. The lowest BCUT2D eigenvalue weighted by atomic mass is 10.1. The molecule has 2 N–H and O–H groups in total. The summed E-state index contributed by atoms with van der Waals surface area (Å²) in [6, 6.07) is 6.29. The van der Waals surface area contributed by atoms with Crippen molar-refractivity contribution in [1.82, 2.24) is 10.3 Å². The molecule has 1 aromatic rings. The molecule has 1 aromatic heterocycles. The minimum absolute atomic E-state index is 0.566. The van der Waals surface area contributed by atoms with Gasteiger partial charge in [-0.1, -0.05) is 0 Å². The van der Waals surface area contributed by atoms with Crippen molar-refractivity contribution in [3.63, 3.8) is 0 Å². The van der Waals surface area contributed by atoms with Crippen LogP contribution in [0.1, 0.15) is 18.4 Å². The van der Waals surface area contributed by atoms with Crippen LogP contribution in [0.15, 0.2) is 18.3 Å². The Morgan fingerprint density at radius 1 is 1.41 bits per heavy atom. The number of nitrogens with one attached hydrogen (secondary N) is 2. The van der Waals surface area contributed by atoms with Crippen molar-refractivity contribution in [3.05, 3.63) is 23.9 Å². The molecule has 17 heavy (non-hydrogen) atoms. The van der Waals surface area contributed by atoms with Gasteiger partial charge in [-0.05, 0) is 43.4 Å². The molecular formula is C13H16N4. The standard InChI is InChI=1S/C13H16N4/c14-5-9-1-2-13(16-6-9)17-8-12-4-10-3-11(10)7-15-12/h1-2,6,10-12,15H,3-4,7-8H2,(H,16,17).